The molecule has 0 aromatic heterocycles. The van der Waals surface area contributed by atoms with Crippen molar-refractivity contribution in [1.29, 1.82) is 0 Å². The molecule has 29 heavy (non-hydrogen) atoms. The van der Waals surface area contributed by atoms with Gasteiger partial charge in [0.1, 0.15) is 5.75 Å². The molecule has 0 spiro atoms. The maximum atomic E-state index is 12.5. The van der Waals surface area contributed by atoms with Gasteiger partial charge in [-0.15, -0.1) is 0 Å². The van der Waals surface area contributed by atoms with Crippen LogP contribution < -0.4 is 4.74 Å². The molecule has 0 amide bonds. The second kappa shape index (κ2) is 8.94. The molecule has 152 valence electrons. The van der Waals surface area contributed by atoms with Crippen LogP contribution in [-0.2, 0) is 6.42 Å². The first-order chi connectivity index (χ1) is 14.2. The van der Waals surface area contributed by atoms with Gasteiger partial charge in [0.15, 0.2) is 0 Å². The Morgan fingerprint density at radius 3 is 2.52 bits per heavy atom. The number of ether oxygens (including phenoxy) is 1. The molecular formula is C26H28F2O. The smallest absolute Gasteiger partial charge is 0.387 e. The van der Waals surface area contributed by atoms with Crippen LogP contribution in [0.5, 0.6) is 5.75 Å². The molecule has 1 nitrogen and oxygen atoms in total. The summed E-state index contributed by atoms with van der Waals surface area (Å²) in [6.07, 6.45) is 7.21. The fourth-order valence-electron chi connectivity index (χ4n) is 4.95. The highest BCUT2D eigenvalue weighted by Gasteiger charge is 2.31. The topological polar surface area (TPSA) is 9.23 Å². The largest absolute Gasteiger partial charge is 0.435 e. The van der Waals surface area contributed by atoms with E-state index >= 15 is 0 Å². The van der Waals surface area contributed by atoms with E-state index in [0.717, 1.165) is 6.42 Å². The number of halogens is 2. The van der Waals surface area contributed by atoms with Gasteiger partial charge in [-0.05, 0) is 64.8 Å². The molecule has 3 aromatic rings. The molecule has 0 unspecified atom stereocenters. The number of benzene rings is 3. The lowest BCUT2D eigenvalue weighted by Gasteiger charge is -2.35. The second-order valence-corrected chi connectivity index (χ2v) is 8.07. The Bertz CT molecular complexity index is 949. The Hall–Kier alpha value is -2.42. The van der Waals surface area contributed by atoms with Gasteiger partial charge in [0.05, 0.1) is 0 Å². The summed E-state index contributed by atoms with van der Waals surface area (Å²) in [6.45, 7) is -0.550. The van der Waals surface area contributed by atoms with Gasteiger partial charge in [0.2, 0.25) is 0 Å². The first-order valence-electron chi connectivity index (χ1n) is 10.7. The van der Waals surface area contributed by atoms with E-state index in [1.807, 2.05) is 12.1 Å². The highest BCUT2D eigenvalue weighted by atomic mass is 19.3. The number of hydrogen-bond acceptors (Lipinski definition) is 1. The molecular weight excluding hydrogens is 366 g/mol. The van der Waals surface area contributed by atoms with Crippen LogP contribution in [-0.4, -0.2) is 6.61 Å². The van der Waals surface area contributed by atoms with Crippen LogP contribution in [0.2, 0.25) is 0 Å². The van der Waals surface area contributed by atoms with Gasteiger partial charge < -0.3 is 4.74 Å². The van der Waals surface area contributed by atoms with E-state index in [0.29, 0.717) is 11.8 Å². The van der Waals surface area contributed by atoms with Crippen molar-refractivity contribution in [3.8, 4) is 5.75 Å². The monoisotopic (exact) mass is 394 g/mol. The van der Waals surface area contributed by atoms with Crippen LogP contribution in [0.25, 0.3) is 10.8 Å². The SMILES string of the molecule is CCCCC[C@@H]1CCc2c(ccc3ccccc23)[C@H]1c1ccc(OC(F)F)cc1. The van der Waals surface area contributed by atoms with Crippen LogP contribution >= 0.6 is 0 Å². The first kappa shape index (κ1) is 19.9. The van der Waals surface area contributed by atoms with Gasteiger partial charge >= 0.3 is 6.61 Å². The van der Waals surface area contributed by atoms with Crippen LogP contribution in [0.15, 0.2) is 60.7 Å². The highest BCUT2D eigenvalue weighted by molar-refractivity contribution is 5.87. The molecule has 0 fully saturated rings. The predicted octanol–water partition coefficient (Wildman–Crippen LogP) is 7.72. The summed E-state index contributed by atoms with van der Waals surface area (Å²) in [4.78, 5) is 0. The second-order valence-electron chi connectivity index (χ2n) is 8.07. The third-order valence-electron chi connectivity index (χ3n) is 6.29. The fourth-order valence-corrected chi connectivity index (χ4v) is 4.95. The number of alkyl halides is 2. The van der Waals surface area contributed by atoms with Gasteiger partial charge in [-0.2, -0.15) is 8.78 Å². The summed E-state index contributed by atoms with van der Waals surface area (Å²) in [5, 5.41) is 2.63. The van der Waals surface area contributed by atoms with E-state index in [1.165, 1.54) is 59.6 Å². The van der Waals surface area contributed by atoms with Gasteiger partial charge in [-0.3, -0.25) is 0 Å². The van der Waals surface area contributed by atoms with Gasteiger partial charge in [-0.25, -0.2) is 0 Å². The minimum Gasteiger partial charge on any atom is -0.435 e. The molecule has 0 heterocycles. The normalized spacial score (nSPS) is 18.8. The molecule has 0 N–H and O–H groups in total. The molecule has 0 aliphatic heterocycles. The number of aryl methyl sites for hydroxylation is 1. The molecule has 0 saturated carbocycles. The molecule has 0 radical (unpaired) electrons. The lowest BCUT2D eigenvalue weighted by molar-refractivity contribution is -0.0498. The molecule has 0 saturated heterocycles. The quantitative estimate of drug-likeness (QED) is 0.373. The summed E-state index contributed by atoms with van der Waals surface area (Å²) < 4.78 is 29.6. The van der Waals surface area contributed by atoms with E-state index in [-0.39, 0.29) is 5.75 Å². The molecule has 4 rings (SSSR count). The lowest BCUT2D eigenvalue weighted by Crippen LogP contribution is -2.22. The average Bonchev–Trinajstić information content (AvgIpc) is 2.74. The fraction of sp³-hybridized carbons (Fsp3) is 0.385. The Labute approximate surface area is 171 Å². The molecule has 3 heteroatoms. The summed E-state index contributed by atoms with van der Waals surface area (Å²) in [5.74, 6) is 1.11. The minimum atomic E-state index is -2.79. The number of unbranched alkanes of at least 4 members (excludes halogenated alkanes) is 2. The van der Waals surface area contributed by atoms with Crippen molar-refractivity contribution in [3.05, 3.63) is 77.4 Å². The van der Waals surface area contributed by atoms with Crippen molar-refractivity contribution in [2.24, 2.45) is 5.92 Å². The van der Waals surface area contributed by atoms with Gasteiger partial charge in [0.25, 0.3) is 0 Å². The third-order valence-corrected chi connectivity index (χ3v) is 6.29. The van der Waals surface area contributed by atoms with Crippen molar-refractivity contribution in [1.82, 2.24) is 0 Å². The predicted molar refractivity (Wildman–Crippen MR) is 115 cm³/mol. The van der Waals surface area contributed by atoms with E-state index in [4.69, 9.17) is 0 Å². The average molecular weight is 395 g/mol. The summed E-state index contributed by atoms with van der Waals surface area (Å²) in [6, 6.07) is 20.4. The lowest BCUT2D eigenvalue weighted by atomic mass is 9.69. The maximum absolute atomic E-state index is 12.5. The van der Waals surface area contributed by atoms with Gasteiger partial charge in [-0.1, -0.05) is 74.7 Å². The van der Waals surface area contributed by atoms with E-state index in [1.54, 1.807) is 12.1 Å². The Balaban J connectivity index is 1.73. The third kappa shape index (κ3) is 4.29. The van der Waals surface area contributed by atoms with Crippen LogP contribution in [0.3, 0.4) is 0 Å². The molecule has 0 bridgehead atoms. The van der Waals surface area contributed by atoms with Crippen molar-refractivity contribution in [2.45, 2.75) is 58.0 Å². The van der Waals surface area contributed by atoms with E-state index in [9.17, 15) is 8.78 Å². The maximum Gasteiger partial charge on any atom is 0.387 e. The van der Waals surface area contributed by atoms with Crippen molar-refractivity contribution < 1.29 is 13.5 Å². The standard InChI is InChI=1S/C26H28F2O/c1-2-3-4-8-19-13-16-23-22-9-6-5-7-18(22)12-17-24(23)25(19)20-10-14-21(15-11-20)29-26(27)28/h5-7,9-12,14-15,17,19,25-26H,2-4,8,13,16H2,1H3/t19-,25-/m1/s1. The van der Waals surface area contributed by atoms with Gasteiger partial charge in [0, 0.05) is 5.92 Å². The van der Waals surface area contributed by atoms with Crippen LogP contribution in [0, 0.1) is 5.92 Å². The molecule has 1 aliphatic carbocycles. The molecule has 2 atom stereocenters. The van der Waals surface area contributed by atoms with Crippen LogP contribution in [0.1, 0.15) is 61.6 Å². The minimum absolute atomic E-state index is 0.223. The zero-order valence-corrected chi connectivity index (χ0v) is 16.9. The van der Waals surface area contributed by atoms with Crippen molar-refractivity contribution in [2.75, 3.05) is 0 Å². The Kier molecular flexibility index (Phi) is 6.13. The zero-order valence-electron chi connectivity index (χ0n) is 16.9. The number of hydrogen-bond donors (Lipinski definition) is 0. The van der Waals surface area contributed by atoms with E-state index in [2.05, 4.69) is 48.1 Å². The Morgan fingerprint density at radius 1 is 0.966 bits per heavy atom. The van der Waals surface area contributed by atoms with Crippen LogP contribution in [0.4, 0.5) is 8.78 Å². The van der Waals surface area contributed by atoms with E-state index < -0.39 is 6.61 Å². The van der Waals surface area contributed by atoms with Crippen molar-refractivity contribution in [3.63, 3.8) is 0 Å². The van der Waals surface area contributed by atoms with Crippen molar-refractivity contribution >= 4 is 10.8 Å². The number of fused-ring (bicyclic) bond motifs is 3. The Morgan fingerprint density at radius 2 is 1.76 bits per heavy atom. The number of rotatable bonds is 7. The molecule has 3 aromatic carbocycles. The summed E-state index contributed by atoms with van der Waals surface area (Å²) >= 11 is 0. The highest BCUT2D eigenvalue weighted by Crippen LogP contribution is 2.45. The molecule has 1 aliphatic rings. The summed E-state index contributed by atoms with van der Waals surface area (Å²) in [7, 11) is 0. The zero-order chi connectivity index (χ0) is 20.2. The summed E-state index contributed by atoms with van der Waals surface area (Å²) in [5.41, 5.74) is 4.05. The first-order valence-corrected chi connectivity index (χ1v) is 10.7.